The first-order valence-corrected chi connectivity index (χ1v) is 7.21. The molecule has 18 heavy (non-hydrogen) atoms. The molecule has 106 valence electrons. The molecule has 2 saturated carbocycles. The molecule has 3 nitrogen and oxygen atoms in total. The molecule has 0 aromatic carbocycles. The second-order valence-electron chi connectivity index (χ2n) is 6.09. The summed E-state index contributed by atoms with van der Waals surface area (Å²) in [6, 6.07) is 0.669. The molecule has 2 aliphatic carbocycles. The number of hydrogen-bond acceptors (Lipinski definition) is 2. The summed E-state index contributed by atoms with van der Waals surface area (Å²) in [5, 5.41) is 3.24. The molecule has 4 heteroatoms. The summed E-state index contributed by atoms with van der Waals surface area (Å²) >= 11 is 0. The molecule has 2 aliphatic rings. The lowest BCUT2D eigenvalue weighted by molar-refractivity contribution is -0.127. The molecule has 3 N–H and O–H groups in total. The lowest BCUT2D eigenvalue weighted by Gasteiger charge is -2.30. The van der Waals surface area contributed by atoms with Crippen LogP contribution in [0.2, 0.25) is 0 Å². The molecule has 1 amide bonds. The van der Waals surface area contributed by atoms with E-state index >= 15 is 0 Å². The van der Waals surface area contributed by atoms with Crippen molar-refractivity contribution < 1.29 is 4.79 Å². The van der Waals surface area contributed by atoms with Gasteiger partial charge in [0, 0.05) is 18.0 Å². The van der Waals surface area contributed by atoms with Crippen LogP contribution in [0.1, 0.15) is 58.3 Å². The third-order valence-electron chi connectivity index (χ3n) is 4.45. The van der Waals surface area contributed by atoms with Gasteiger partial charge < -0.3 is 11.1 Å². The van der Waals surface area contributed by atoms with Crippen molar-refractivity contribution in [1.82, 2.24) is 5.32 Å². The molecule has 0 radical (unpaired) electrons. The Balaban J connectivity index is 0.00000162. The van der Waals surface area contributed by atoms with Crippen LogP contribution in [0, 0.1) is 11.8 Å². The van der Waals surface area contributed by atoms with Gasteiger partial charge in [-0.25, -0.2) is 0 Å². The van der Waals surface area contributed by atoms with E-state index < -0.39 is 0 Å². The smallest absolute Gasteiger partial charge is 0.223 e. The molecule has 2 rings (SSSR count). The molecule has 0 saturated heterocycles. The second-order valence-corrected chi connectivity index (χ2v) is 6.09. The van der Waals surface area contributed by atoms with Crippen molar-refractivity contribution in [3.05, 3.63) is 0 Å². The number of halogens is 1. The number of nitrogens with one attached hydrogen (secondary N) is 1. The van der Waals surface area contributed by atoms with Crippen LogP contribution in [-0.2, 0) is 4.79 Å². The zero-order valence-corrected chi connectivity index (χ0v) is 12.2. The SMILES string of the molecule is CC1CCC(NC(=O)C2CCCC(N)C2)CC1.Cl. The molecule has 0 spiro atoms. The van der Waals surface area contributed by atoms with Gasteiger partial charge in [0.1, 0.15) is 0 Å². The fraction of sp³-hybridized carbons (Fsp3) is 0.929. The summed E-state index contributed by atoms with van der Waals surface area (Å²) < 4.78 is 0. The van der Waals surface area contributed by atoms with Crippen LogP contribution in [0.15, 0.2) is 0 Å². The maximum absolute atomic E-state index is 12.1. The molecule has 0 aromatic heterocycles. The summed E-state index contributed by atoms with van der Waals surface area (Å²) in [5.41, 5.74) is 5.93. The summed E-state index contributed by atoms with van der Waals surface area (Å²) in [6.45, 7) is 2.30. The first kappa shape index (κ1) is 15.8. The second kappa shape index (κ2) is 7.34. The highest BCUT2D eigenvalue weighted by Gasteiger charge is 2.27. The van der Waals surface area contributed by atoms with Gasteiger partial charge in [0.2, 0.25) is 5.91 Å². The summed E-state index contributed by atoms with van der Waals surface area (Å²) in [6.07, 6.45) is 8.95. The Kier molecular flexibility index (Phi) is 6.44. The maximum atomic E-state index is 12.1. The fourth-order valence-electron chi connectivity index (χ4n) is 3.19. The quantitative estimate of drug-likeness (QED) is 0.813. The van der Waals surface area contributed by atoms with E-state index in [1.165, 1.54) is 12.8 Å². The van der Waals surface area contributed by atoms with E-state index in [-0.39, 0.29) is 30.3 Å². The van der Waals surface area contributed by atoms with Crippen molar-refractivity contribution in [2.24, 2.45) is 17.6 Å². The highest BCUT2D eigenvalue weighted by molar-refractivity contribution is 5.85. The summed E-state index contributed by atoms with van der Waals surface area (Å²) in [4.78, 5) is 12.1. The summed E-state index contributed by atoms with van der Waals surface area (Å²) in [7, 11) is 0. The first-order chi connectivity index (χ1) is 8.15. The van der Waals surface area contributed by atoms with E-state index in [1.54, 1.807) is 0 Å². The number of carbonyl (C=O) groups is 1. The third kappa shape index (κ3) is 4.43. The van der Waals surface area contributed by atoms with Crippen molar-refractivity contribution >= 4 is 18.3 Å². The molecule has 2 fully saturated rings. The average Bonchev–Trinajstić information content (AvgIpc) is 2.32. The topological polar surface area (TPSA) is 55.1 Å². The predicted octanol–water partition coefficient (Wildman–Crippen LogP) is 2.62. The number of rotatable bonds is 2. The van der Waals surface area contributed by atoms with Crippen LogP contribution in [0.25, 0.3) is 0 Å². The zero-order chi connectivity index (χ0) is 12.3. The van der Waals surface area contributed by atoms with E-state index in [2.05, 4.69) is 12.2 Å². The third-order valence-corrected chi connectivity index (χ3v) is 4.45. The predicted molar refractivity (Wildman–Crippen MR) is 76.7 cm³/mol. The monoisotopic (exact) mass is 274 g/mol. The normalized spacial score (nSPS) is 36.6. The van der Waals surface area contributed by atoms with E-state index in [0.717, 1.165) is 44.4 Å². The van der Waals surface area contributed by atoms with Gasteiger partial charge in [0.25, 0.3) is 0 Å². The molecule has 0 bridgehead atoms. The Hall–Kier alpha value is -0.280. The average molecular weight is 275 g/mol. The van der Waals surface area contributed by atoms with Crippen LogP contribution in [0.3, 0.4) is 0 Å². The minimum absolute atomic E-state index is 0. The van der Waals surface area contributed by atoms with E-state index in [1.807, 2.05) is 0 Å². The molecule has 2 unspecified atom stereocenters. The Morgan fingerprint density at radius 3 is 2.39 bits per heavy atom. The molecule has 0 aliphatic heterocycles. The lowest BCUT2D eigenvalue weighted by atomic mass is 9.84. The van der Waals surface area contributed by atoms with Gasteiger partial charge in [-0.15, -0.1) is 12.4 Å². The van der Waals surface area contributed by atoms with Gasteiger partial charge in [-0.3, -0.25) is 4.79 Å². The molecular formula is C14H27ClN2O. The molecule has 0 aromatic rings. The van der Waals surface area contributed by atoms with Crippen LogP contribution < -0.4 is 11.1 Å². The Bertz CT molecular complexity index is 265. The van der Waals surface area contributed by atoms with Gasteiger partial charge >= 0.3 is 0 Å². The van der Waals surface area contributed by atoms with Gasteiger partial charge in [-0.05, 0) is 50.9 Å². The molecule has 0 heterocycles. The van der Waals surface area contributed by atoms with Gasteiger partial charge in [-0.1, -0.05) is 13.3 Å². The van der Waals surface area contributed by atoms with E-state index in [9.17, 15) is 4.79 Å². The molecule has 2 atom stereocenters. The Morgan fingerprint density at radius 2 is 1.78 bits per heavy atom. The van der Waals surface area contributed by atoms with Gasteiger partial charge in [0.05, 0.1) is 0 Å². The Labute approximate surface area is 117 Å². The highest BCUT2D eigenvalue weighted by atomic mass is 35.5. The molecular weight excluding hydrogens is 248 g/mol. The first-order valence-electron chi connectivity index (χ1n) is 7.21. The van der Waals surface area contributed by atoms with E-state index in [0.29, 0.717) is 6.04 Å². The van der Waals surface area contributed by atoms with Crippen LogP contribution in [-0.4, -0.2) is 18.0 Å². The number of nitrogens with two attached hydrogens (primary N) is 1. The summed E-state index contributed by atoms with van der Waals surface area (Å²) in [5.74, 6) is 1.28. The van der Waals surface area contributed by atoms with Crippen LogP contribution >= 0.6 is 12.4 Å². The lowest BCUT2D eigenvalue weighted by Crippen LogP contribution is -2.43. The number of hydrogen-bond donors (Lipinski definition) is 2. The number of amides is 1. The van der Waals surface area contributed by atoms with Crippen LogP contribution in [0.5, 0.6) is 0 Å². The van der Waals surface area contributed by atoms with Crippen molar-refractivity contribution in [2.45, 2.75) is 70.4 Å². The van der Waals surface area contributed by atoms with Gasteiger partial charge in [-0.2, -0.15) is 0 Å². The standard InChI is InChI=1S/C14H26N2O.ClH/c1-10-5-7-13(8-6-10)16-14(17)11-3-2-4-12(15)9-11;/h10-13H,2-9,15H2,1H3,(H,16,17);1H. The van der Waals surface area contributed by atoms with Crippen molar-refractivity contribution in [3.8, 4) is 0 Å². The largest absolute Gasteiger partial charge is 0.353 e. The maximum Gasteiger partial charge on any atom is 0.223 e. The highest BCUT2D eigenvalue weighted by Crippen LogP contribution is 2.26. The zero-order valence-electron chi connectivity index (χ0n) is 11.4. The number of carbonyl (C=O) groups excluding carboxylic acids is 1. The van der Waals surface area contributed by atoms with E-state index in [4.69, 9.17) is 5.73 Å². The van der Waals surface area contributed by atoms with Gasteiger partial charge in [0.15, 0.2) is 0 Å². The fourth-order valence-corrected chi connectivity index (χ4v) is 3.19. The minimum Gasteiger partial charge on any atom is -0.353 e. The minimum atomic E-state index is 0. The van der Waals surface area contributed by atoms with Crippen molar-refractivity contribution in [2.75, 3.05) is 0 Å². The Morgan fingerprint density at radius 1 is 1.11 bits per heavy atom. The van der Waals surface area contributed by atoms with Crippen molar-refractivity contribution in [3.63, 3.8) is 0 Å². The van der Waals surface area contributed by atoms with Crippen LogP contribution in [0.4, 0.5) is 0 Å². The van der Waals surface area contributed by atoms with Crippen molar-refractivity contribution in [1.29, 1.82) is 0 Å².